The van der Waals surface area contributed by atoms with Crippen LogP contribution in [0.2, 0.25) is 0 Å². The van der Waals surface area contributed by atoms with Crippen molar-refractivity contribution in [3.8, 4) is 5.75 Å². The molecule has 1 aromatic rings. The summed E-state index contributed by atoms with van der Waals surface area (Å²) in [5.41, 5.74) is -5.37. The lowest BCUT2D eigenvalue weighted by Gasteiger charge is -2.44. The third-order valence-electron chi connectivity index (χ3n) is 4.20. The molecule has 0 aliphatic heterocycles. The van der Waals surface area contributed by atoms with Gasteiger partial charge in [0.25, 0.3) is 0 Å². The van der Waals surface area contributed by atoms with Gasteiger partial charge >= 0.3 is 5.92 Å². The Kier molecular flexibility index (Phi) is 5.49. The van der Waals surface area contributed by atoms with Crippen molar-refractivity contribution in [3.05, 3.63) is 29.1 Å². The number of benzene rings is 1. The Labute approximate surface area is 134 Å². The third-order valence-corrected chi connectivity index (χ3v) is 4.20. The van der Waals surface area contributed by atoms with Gasteiger partial charge in [-0.2, -0.15) is 17.6 Å². The summed E-state index contributed by atoms with van der Waals surface area (Å²) in [4.78, 5) is 0. The predicted molar refractivity (Wildman–Crippen MR) is 71.4 cm³/mol. The molecule has 0 aliphatic carbocycles. The van der Waals surface area contributed by atoms with Crippen molar-refractivity contribution in [2.75, 3.05) is 0 Å². The molecule has 0 saturated heterocycles. The molecule has 0 aromatic heterocycles. The summed E-state index contributed by atoms with van der Waals surface area (Å²) in [5.74, 6) is -17.7. The molecular weight excluding hydrogens is 345 g/mol. The summed E-state index contributed by atoms with van der Waals surface area (Å²) >= 11 is 0. The molecule has 0 saturated carbocycles. The number of aliphatic hydroxyl groups is 1. The van der Waals surface area contributed by atoms with E-state index in [-0.39, 0.29) is 0 Å². The Morgan fingerprint density at radius 3 is 1.50 bits per heavy atom. The number of halogens is 7. The fourth-order valence-electron chi connectivity index (χ4n) is 2.05. The maximum absolute atomic E-state index is 14.6. The van der Waals surface area contributed by atoms with E-state index in [4.69, 9.17) is 0 Å². The Hall–Kier alpha value is -1.51. The fourth-order valence-corrected chi connectivity index (χ4v) is 2.05. The molecule has 0 spiro atoms. The second-order valence-corrected chi connectivity index (χ2v) is 5.79. The number of hydrogen-bond donors (Lipinski definition) is 1. The summed E-state index contributed by atoms with van der Waals surface area (Å²) in [6, 6.07) is 0. The van der Waals surface area contributed by atoms with Gasteiger partial charge in [-0.3, -0.25) is 0 Å². The summed E-state index contributed by atoms with van der Waals surface area (Å²) in [6.07, 6.45) is -1.04. The van der Waals surface area contributed by atoms with Crippen LogP contribution in [0.25, 0.3) is 0 Å². The highest BCUT2D eigenvalue weighted by molar-refractivity contribution is 5.31. The van der Waals surface area contributed by atoms with Gasteiger partial charge in [-0.15, -0.1) is 0 Å². The molecule has 0 amide bonds. The van der Waals surface area contributed by atoms with Crippen molar-refractivity contribution >= 4 is 0 Å². The Balaban J connectivity index is 3.52. The average molecular weight is 362 g/mol. The molecule has 2 nitrogen and oxygen atoms in total. The van der Waals surface area contributed by atoms with Gasteiger partial charge in [-0.25, -0.2) is 13.2 Å². The van der Waals surface area contributed by atoms with Crippen molar-refractivity contribution in [2.45, 2.75) is 57.7 Å². The zero-order valence-electron chi connectivity index (χ0n) is 13.4. The molecule has 1 aromatic carbocycles. The highest BCUT2D eigenvalue weighted by Gasteiger charge is 2.62. The molecule has 0 fully saturated rings. The summed E-state index contributed by atoms with van der Waals surface area (Å²) < 4.78 is 101. The van der Waals surface area contributed by atoms with Crippen LogP contribution < -0.4 is 4.74 Å². The maximum atomic E-state index is 14.6. The SMILES string of the molecule is CCC(C)(O)C(F)(F)C(C)(CC)Oc1c(F)c(F)c(F)c(F)c1F. The van der Waals surface area contributed by atoms with Crippen molar-refractivity contribution in [3.63, 3.8) is 0 Å². The molecule has 1 N–H and O–H groups in total. The van der Waals surface area contributed by atoms with Gasteiger partial charge in [0.2, 0.25) is 29.1 Å². The minimum absolute atomic E-state index is 0.448. The first-order valence-corrected chi connectivity index (χ1v) is 7.08. The maximum Gasteiger partial charge on any atom is 0.314 e. The van der Waals surface area contributed by atoms with Crippen molar-refractivity contribution in [2.24, 2.45) is 0 Å². The predicted octanol–water partition coefficient (Wildman–Crippen LogP) is 4.73. The first-order chi connectivity index (χ1) is 10.8. The van der Waals surface area contributed by atoms with Gasteiger partial charge in [0.15, 0.2) is 11.4 Å². The van der Waals surface area contributed by atoms with Crippen LogP contribution >= 0.6 is 0 Å². The summed E-state index contributed by atoms with van der Waals surface area (Å²) in [5, 5.41) is 9.86. The number of rotatable bonds is 6. The second kappa shape index (κ2) is 6.42. The summed E-state index contributed by atoms with van der Waals surface area (Å²) in [7, 11) is 0. The van der Waals surface area contributed by atoms with Gasteiger partial charge < -0.3 is 9.84 Å². The molecule has 0 heterocycles. The number of ether oxygens (including phenoxy) is 1. The monoisotopic (exact) mass is 362 g/mol. The van der Waals surface area contributed by atoms with Crippen LogP contribution in [0.15, 0.2) is 0 Å². The van der Waals surface area contributed by atoms with Crippen LogP contribution in [0, 0.1) is 29.1 Å². The van der Waals surface area contributed by atoms with Crippen LogP contribution in [0.5, 0.6) is 5.75 Å². The first-order valence-electron chi connectivity index (χ1n) is 7.08. The lowest BCUT2D eigenvalue weighted by atomic mass is 9.81. The Bertz CT molecular complexity index is 602. The first kappa shape index (κ1) is 20.5. The number of hydrogen-bond acceptors (Lipinski definition) is 2. The van der Waals surface area contributed by atoms with Crippen LogP contribution in [-0.2, 0) is 0 Å². The van der Waals surface area contributed by atoms with E-state index in [2.05, 4.69) is 4.74 Å². The molecule has 9 heteroatoms. The molecule has 138 valence electrons. The molecule has 24 heavy (non-hydrogen) atoms. The van der Waals surface area contributed by atoms with E-state index < -0.39 is 64.8 Å². The second-order valence-electron chi connectivity index (χ2n) is 5.79. The molecular formula is C15H17F7O2. The molecule has 0 bridgehead atoms. The standard InChI is InChI=1S/C15H17F7O2/c1-5-13(3,23)15(21,22)14(4,6-2)24-12-10(19)8(17)7(16)9(18)11(12)20/h23H,5-6H2,1-4H3. The molecule has 0 aliphatic rings. The Morgan fingerprint density at radius 1 is 0.792 bits per heavy atom. The van der Waals surface area contributed by atoms with E-state index >= 15 is 0 Å². The minimum Gasteiger partial charge on any atom is -0.475 e. The Morgan fingerprint density at radius 2 is 1.17 bits per heavy atom. The lowest BCUT2D eigenvalue weighted by molar-refractivity contribution is -0.256. The normalized spacial score (nSPS) is 17.3. The number of alkyl halides is 2. The van der Waals surface area contributed by atoms with Crippen molar-refractivity contribution < 1.29 is 40.6 Å². The van der Waals surface area contributed by atoms with E-state index in [1.54, 1.807) is 0 Å². The molecule has 2 unspecified atom stereocenters. The zero-order chi connectivity index (χ0) is 19.1. The molecule has 0 radical (unpaired) electrons. The van der Waals surface area contributed by atoms with E-state index in [9.17, 15) is 35.8 Å². The van der Waals surface area contributed by atoms with E-state index in [1.807, 2.05) is 0 Å². The van der Waals surface area contributed by atoms with Gasteiger partial charge in [0, 0.05) is 0 Å². The quantitative estimate of drug-likeness (QED) is 0.451. The zero-order valence-corrected chi connectivity index (χ0v) is 13.4. The molecule has 1 rings (SSSR count). The van der Waals surface area contributed by atoms with Crippen LogP contribution in [0.4, 0.5) is 30.7 Å². The highest BCUT2D eigenvalue weighted by atomic mass is 19.3. The topological polar surface area (TPSA) is 29.5 Å². The van der Waals surface area contributed by atoms with Crippen molar-refractivity contribution in [1.29, 1.82) is 0 Å². The summed E-state index contributed by atoms with van der Waals surface area (Å²) in [6.45, 7) is 3.89. The van der Waals surface area contributed by atoms with Gasteiger partial charge in [0.1, 0.15) is 5.60 Å². The smallest absolute Gasteiger partial charge is 0.314 e. The van der Waals surface area contributed by atoms with Gasteiger partial charge in [-0.1, -0.05) is 13.8 Å². The van der Waals surface area contributed by atoms with Gasteiger partial charge in [0.05, 0.1) is 0 Å². The van der Waals surface area contributed by atoms with Crippen LogP contribution in [-0.4, -0.2) is 22.2 Å². The largest absolute Gasteiger partial charge is 0.475 e. The van der Waals surface area contributed by atoms with Crippen LogP contribution in [0.3, 0.4) is 0 Å². The molecule has 2 atom stereocenters. The third kappa shape index (κ3) is 2.94. The average Bonchev–Trinajstić information content (AvgIpc) is 2.54. The van der Waals surface area contributed by atoms with E-state index in [1.165, 1.54) is 6.92 Å². The van der Waals surface area contributed by atoms with E-state index in [0.29, 0.717) is 0 Å². The fraction of sp³-hybridized carbons (Fsp3) is 0.600. The van der Waals surface area contributed by atoms with E-state index in [0.717, 1.165) is 20.8 Å². The lowest BCUT2D eigenvalue weighted by Crippen LogP contribution is -2.62. The van der Waals surface area contributed by atoms with Crippen molar-refractivity contribution in [1.82, 2.24) is 0 Å². The highest BCUT2D eigenvalue weighted by Crippen LogP contribution is 2.45. The van der Waals surface area contributed by atoms with Crippen LogP contribution in [0.1, 0.15) is 40.5 Å². The van der Waals surface area contributed by atoms with Gasteiger partial charge in [-0.05, 0) is 26.7 Å². The minimum atomic E-state index is -4.07.